The Hall–Kier alpha value is -2.68. The van der Waals surface area contributed by atoms with Crippen LogP contribution >= 0.6 is 0 Å². The van der Waals surface area contributed by atoms with Gasteiger partial charge in [0, 0.05) is 17.1 Å². The van der Waals surface area contributed by atoms with Gasteiger partial charge in [0.25, 0.3) is 5.56 Å². The van der Waals surface area contributed by atoms with Crippen molar-refractivity contribution < 1.29 is 4.79 Å². The highest BCUT2D eigenvalue weighted by molar-refractivity contribution is 5.97. The Morgan fingerprint density at radius 2 is 1.71 bits per heavy atom. The maximum atomic E-state index is 12.4. The van der Waals surface area contributed by atoms with Gasteiger partial charge in [0.15, 0.2) is 5.78 Å². The number of pyridine rings is 1. The number of rotatable bonds is 3. The molecule has 0 fully saturated rings. The summed E-state index contributed by atoms with van der Waals surface area (Å²) in [5.41, 5.74) is 1.46. The van der Waals surface area contributed by atoms with E-state index in [9.17, 15) is 9.59 Å². The van der Waals surface area contributed by atoms with Crippen LogP contribution in [0.2, 0.25) is 0 Å². The number of fused-ring (bicyclic) bond motifs is 1. The Morgan fingerprint density at radius 3 is 2.52 bits per heavy atom. The third-order valence-corrected chi connectivity index (χ3v) is 3.65. The van der Waals surface area contributed by atoms with Crippen LogP contribution in [0.3, 0.4) is 0 Å². The molecular formula is C18H15NO2. The van der Waals surface area contributed by atoms with Crippen molar-refractivity contribution in [3.05, 3.63) is 82.3 Å². The average molecular weight is 277 g/mol. The van der Waals surface area contributed by atoms with E-state index in [1.807, 2.05) is 49.4 Å². The molecule has 1 heterocycles. The van der Waals surface area contributed by atoms with Crippen molar-refractivity contribution in [1.82, 2.24) is 4.57 Å². The first-order valence-electron chi connectivity index (χ1n) is 6.84. The summed E-state index contributed by atoms with van der Waals surface area (Å²) in [6.07, 6.45) is 1.68. The number of ketones is 1. The van der Waals surface area contributed by atoms with Crippen LogP contribution < -0.4 is 5.56 Å². The van der Waals surface area contributed by atoms with Crippen LogP contribution in [0.5, 0.6) is 0 Å². The zero-order chi connectivity index (χ0) is 14.8. The lowest BCUT2D eigenvalue weighted by molar-refractivity contribution is 0.0970. The summed E-state index contributed by atoms with van der Waals surface area (Å²) in [6, 6.07) is 16.7. The summed E-state index contributed by atoms with van der Waals surface area (Å²) in [5, 5.41) is 1.53. The standard InChI is InChI=1S/C18H15NO2/c1-13-6-2-4-8-15(13)17(20)12-19-11-10-14-7-3-5-9-16(14)18(19)21/h2-11H,12H2,1H3. The van der Waals surface area contributed by atoms with E-state index >= 15 is 0 Å². The molecule has 0 N–H and O–H groups in total. The summed E-state index contributed by atoms with van der Waals surface area (Å²) in [5.74, 6) is -0.0505. The number of aryl methyl sites for hydroxylation is 1. The molecule has 0 bridgehead atoms. The van der Waals surface area contributed by atoms with Crippen LogP contribution in [0, 0.1) is 6.92 Å². The smallest absolute Gasteiger partial charge is 0.258 e. The van der Waals surface area contributed by atoms with Crippen molar-refractivity contribution >= 4 is 16.6 Å². The highest BCUT2D eigenvalue weighted by Crippen LogP contribution is 2.11. The quantitative estimate of drug-likeness (QED) is 0.690. The molecule has 2 aromatic carbocycles. The van der Waals surface area contributed by atoms with E-state index in [0.29, 0.717) is 10.9 Å². The molecule has 104 valence electrons. The highest BCUT2D eigenvalue weighted by atomic mass is 16.1. The molecule has 0 atom stereocenters. The first-order chi connectivity index (χ1) is 10.2. The van der Waals surface area contributed by atoms with Crippen LogP contribution in [-0.2, 0) is 6.54 Å². The minimum absolute atomic E-state index is 0.0505. The monoisotopic (exact) mass is 277 g/mol. The number of nitrogens with zero attached hydrogens (tertiary/aromatic N) is 1. The lowest BCUT2D eigenvalue weighted by atomic mass is 10.0. The molecule has 0 amide bonds. The molecule has 0 unspecified atom stereocenters. The van der Waals surface area contributed by atoms with Crippen molar-refractivity contribution in [2.24, 2.45) is 0 Å². The predicted molar refractivity (Wildman–Crippen MR) is 83.7 cm³/mol. The van der Waals surface area contributed by atoms with Crippen LogP contribution in [0.15, 0.2) is 65.6 Å². The van der Waals surface area contributed by atoms with E-state index in [1.54, 1.807) is 18.3 Å². The van der Waals surface area contributed by atoms with Crippen molar-refractivity contribution in [3.63, 3.8) is 0 Å². The SMILES string of the molecule is Cc1ccccc1C(=O)Cn1ccc2ccccc2c1=O. The highest BCUT2D eigenvalue weighted by Gasteiger charge is 2.11. The maximum absolute atomic E-state index is 12.4. The molecule has 0 saturated carbocycles. The van der Waals surface area contributed by atoms with Gasteiger partial charge in [0.05, 0.1) is 6.54 Å². The fourth-order valence-corrected chi connectivity index (χ4v) is 2.48. The number of hydrogen-bond donors (Lipinski definition) is 0. The summed E-state index contributed by atoms with van der Waals surface area (Å²) in [4.78, 5) is 24.8. The van der Waals surface area contributed by atoms with Crippen LogP contribution in [0.1, 0.15) is 15.9 Å². The Kier molecular flexibility index (Phi) is 3.40. The number of carbonyl (C=O) groups excluding carboxylic acids is 1. The summed E-state index contributed by atoms with van der Waals surface area (Å²) < 4.78 is 1.47. The first kappa shape index (κ1) is 13.3. The maximum Gasteiger partial charge on any atom is 0.258 e. The van der Waals surface area contributed by atoms with Gasteiger partial charge in [0.2, 0.25) is 0 Å². The Balaban J connectivity index is 1.99. The molecular weight excluding hydrogens is 262 g/mol. The molecule has 3 nitrogen and oxygen atoms in total. The molecule has 0 spiro atoms. The normalized spacial score (nSPS) is 10.7. The van der Waals surface area contributed by atoms with Gasteiger partial charge < -0.3 is 4.57 Å². The van der Waals surface area contributed by atoms with Crippen LogP contribution in [0.25, 0.3) is 10.8 Å². The van der Waals surface area contributed by atoms with Gasteiger partial charge in [-0.15, -0.1) is 0 Å². The number of hydrogen-bond acceptors (Lipinski definition) is 2. The van der Waals surface area contributed by atoms with Crippen molar-refractivity contribution in [2.45, 2.75) is 13.5 Å². The van der Waals surface area contributed by atoms with Crippen molar-refractivity contribution in [1.29, 1.82) is 0 Å². The van der Waals surface area contributed by atoms with E-state index in [4.69, 9.17) is 0 Å². The molecule has 3 aromatic rings. The lowest BCUT2D eigenvalue weighted by Gasteiger charge is -2.08. The molecule has 3 rings (SSSR count). The third-order valence-electron chi connectivity index (χ3n) is 3.65. The molecule has 1 aromatic heterocycles. The number of carbonyl (C=O) groups is 1. The fraction of sp³-hybridized carbons (Fsp3) is 0.111. The summed E-state index contributed by atoms with van der Waals surface area (Å²) in [6.45, 7) is 1.96. The van der Waals surface area contributed by atoms with Gasteiger partial charge >= 0.3 is 0 Å². The van der Waals surface area contributed by atoms with Gasteiger partial charge in [0.1, 0.15) is 0 Å². The Bertz CT molecular complexity index is 878. The summed E-state index contributed by atoms with van der Waals surface area (Å²) in [7, 11) is 0. The molecule has 0 aliphatic carbocycles. The third kappa shape index (κ3) is 2.50. The largest absolute Gasteiger partial charge is 0.307 e. The molecule has 0 saturated heterocycles. The minimum Gasteiger partial charge on any atom is -0.307 e. The number of aromatic nitrogens is 1. The van der Waals surface area contributed by atoms with E-state index in [-0.39, 0.29) is 17.9 Å². The minimum atomic E-state index is -0.130. The average Bonchev–Trinajstić information content (AvgIpc) is 2.51. The Morgan fingerprint density at radius 1 is 1.00 bits per heavy atom. The number of benzene rings is 2. The van der Waals surface area contributed by atoms with Gasteiger partial charge in [-0.3, -0.25) is 9.59 Å². The van der Waals surface area contributed by atoms with E-state index in [1.165, 1.54) is 4.57 Å². The summed E-state index contributed by atoms with van der Waals surface area (Å²) >= 11 is 0. The molecule has 21 heavy (non-hydrogen) atoms. The van der Waals surface area contributed by atoms with Crippen LogP contribution in [0.4, 0.5) is 0 Å². The van der Waals surface area contributed by atoms with Crippen molar-refractivity contribution in [2.75, 3.05) is 0 Å². The molecule has 3 heteroatoms. The molecule has 0 aliphatic heterocycles. The molecule has 0 aliphatic rings. The van der Waals surface area contributed by atoms with Gasteiger partial charge in [-0.1, -0.05) is 42.5 Å². The lowest BCUT2D eigenvalue weighted by Crippen LogP contribution is -2.24. The zero-order valence-electron chi connectivity index (χ0n) is 11.7. The number of Topliss-reactive ketones (excluding diaryl/α,β-unsaturated/α-hetero) is 1. The first-order valence-corrected chi connectivity index (χ1v) is 6.84. The second kappa shape index (κ2) is 5.37. The second-order valence-electron chi connectivity index (χ2n) is 5.07. The predicted octanol–water partition coefficient (Wildman–Crippen LogP) is 3.19. The second-order valence-corrected chi connectivity index (χ2v) is 5.07. The fourth-order valence-electron chi connectivity index (χ4n) is 2.48. The zero-order valence-corrected chi connectivity index (χ0v) is 11.7. The van der Waals surface area contributed by atoms with Gasteiger partial charge in [-0.05, 0) is 30.0 Å². The van der Waals surface area contributed by atoms with E-state index in [2.05, 4.69) is 0 Å². The van der Waals surface area contributed by atoms with E-state index < -0.39 is 0 Å². The van der Waals surface area contributed by atoms with Crippen LogP contribution in [-0.4, -0.2) is 10.4 Å². The van der Waals surface area contributed by atoms with Gasteiger partial charge in [-0.25, -0.2) is 0 Å². The van der Waals surface area contributed by atoms with Gasteiger partial charge in [-0.2, -0.15) is 0 Å². The Labute approximate surface area is 122 Å². The topological polar surface area (TPSA) is 39.1 Å². The van der Waals surface area contributed by atoms with Crippen molar-refractivity contribution in [3.8, 4) is 0 Å². The molecule has 0 radical (unpaired) electrons. The van der Waals surface area contributed by atoms with E-state index in [0.717, 1.165) is 10.9 Å².